The summed E-state index contributed by atoms with van der Waals surface area (Å²) in [5.74, 6) is -1.97. The van der Waals surface area contributed by atoms with Gasteiger partial charge in [-0.3, -0.25) is 19.2 Å². The van der Waals surface area contributed by atoms with E-state index < -0.39 is 30.4 Å². The first-order valence-corrected chi connectivity index (χ1v) is 5.60. The quantitative estimate of drug-likeness (QED) is 0.557. The lowest BCUT2D eigenvalue weighted by Crippen LogP contribution is -2.46. The standard InChI is InChI=1S/C11H18N2O5/c1-3-8(15)4-5-9(11(12)17)13-10(16)6-18-7(2)14/h9H,3-6H2,1-2H3,(H2,12,17)(H,13,16)/t9-/m0/s1. The highest BCUT2D eigenvalue weighted by Crippen LogP contribution is 2.00. The lowest BCUT2D eigenvalue weighted by molar-refractivity contribution is -0.146. The minimum atomic E-state index is -0.927. The summed E-state index contributed by atoms with van der Waals surface area (Å²) in [4.78, 5) is 43.9. The number of Topliss-reactive ketones (excluding diaryl/α,β-unsaturated/α-hetero) is 1. The summed E-state index contributed by atoms with van der Waals surface area (Å²) >= 11 is 0. The van der Waals surface area contributed by atoms with Crippen molar-refractivity contribution >= 4 is 23.6 Å². The summed E-state index contributed by atoms with van der Waals surface area (Å²) in [7, 11) is 0. The summed E-state index contributed by atoms with van der Waals surface area (Å²) in [5.41, 5.74) is 5.10. The highest BCUT2D eigenvalue weighted by Gasteiger charge is 2.19. The number of carbonyl (C=O) groups excluding carboxylic acids is 4. The van der Waals surface area contributed by atoms with Crippen LogP contribution in [0.15, 0.2) is 0 Å². The molecule has 7 nitrogen and oxygen atoms in total. The molecular weight excluding hydrogens is 240 g/mol. The van der Waals surface area contributed by atoms with E-state index in [1.165, 1.54) is 6.92 Å². The van der Waals surface area contributed by atoms with Gasteiger partial charge in [0.15, 0.2) is 6.61 Å². The largest absolute Gasteiger partial charge is 0.456 e. The summed E-state index contributed by atoms with van der Waals surface area (Å²) in [6.07, 6.45) is 0.679. The van der Waals surface area contributed by atoms with Gasteiger partial charge in [0.25, 0.3) is 5.91 Å². The smallest absolute Gasteiger partial charge is 0.303 e. The van der Waals surface area contributed by atoms with Crippen LogP contribution in [0.2, 0.25) is 0 Å². The first-order valence-electron chi connectivity index (χ1n) is 5.60. The molecule has 3 N–H and O–H groups in total. The third kappa shape index (κ3) is 7.37. The van der Waals surface area contributed by atoms with E-state index in [-0.39, 0.29) is 18.6 Å². The predicted octanol–water partition coefficient (Wildman–Crippen LogP) is -0.721. The average Bonchev–Trinajstić information content (AvgIpc) is 2.30. The Balaban J connectivity index is 4.18. The van der Waals surface area contributed by atoms with Crippen molar-refractivity contribution in [1.29, 1.82) is 0 Å². The van der Waals surface area contributed by atoms with Crippen LogP contribution in [0.25, 0.3) is 0 Å². The molecule has 102 valence electrons. The molecule has 0 aliphatic rings. The van der Waals surface area contributed by atoms with E-state index in [1.807, 2.05) is 0 Å². The van der Waals surface area contributed by atoms with E-state index in [1.54, 1.807) is 6.92 Å². The first kappa shape index (κ1) is 16.1. The van der Waals surface area contributed by atoms with Gasteiger partial charge in [-0.2, -0.15) is 0 Å². The molecule has 0 fully saturated rings. The van der Waals surface area contributed by atoms with Gasteiger partial charge in [-0.15, -0.1) is 0 Å². The monoisotopic (exact) mass is 258 g/mol. The molecule has 0 aliphatic heterocycles. The van der Waals surface area contributed by atoms with Crippen molar-refractivity contribution in [2.24, 2.45) is 5.73 Å². The summed E-state index contributed by atoms with van der Waals surface area (Å²) in [6.45, 7) is 2.40. The molecule has 0 bridgehead atoms. The number of primary amides is 1. The fourth-order valence-corrected chi connectivity index (χ4v) is 1.17. The van der Waals surface area contributed by atoms with Crippen LogP contribution >= 0.6 is 0 Å². The molecular formula is C11H18N2O5. The van der Waals surface area contributed by atoms with Crippen molar-refractivity contribution < 1.29 is 23.9 Å². The zero-order valence-corrected chi connectivity index (χ0v) is 10.5. The maximum Gasteiger partial charge on any atom is 0.303 e. The number of ketones is 1. The summed E-state index contributed by atoms with van der Waals surface area (Å²) in [6, 6.07) is -0.927. The van der Waals surface area contributed by atoms with Crippen LogP contribution in [0.3, 0.4) is 0 Å². The summed E-state index contributed by atoms with van der Waals surface area (Å²) in [5, 5.41) is 2.31. The van der Waals surface area contributed by atoms with Crippen molar-refractivity contribution in [2.75, 3.05) is 6.61 Å². The van der Waals surface area contributed by atoms with Gasteiger partial charge in [0.1, 0.15) is 11.8 Å². The molecule has 7 heteroatoms. The molecule has 18 heavy (non-hydrogen) atoms. The van der Waals surface area contributed by atoms with Gasteiger partial charge >= 0.3 is 5.97 Å². The number of carbonyl (C=O) groups is 4. The lowest BCUT2D eigenvalue weighted by atomic mass is 10.1. The third-order valence-electron chi connectivity index (χ3n) is 2.19. The number of hydrogen-bond donors (Lipinski definition) is 2. The Morgan fingerprint density at radius 3 is 2.33 bits per heavy atom. The minimum Gasteiger partial charge on any atom is -0.456 e. The fourth-order valence-electron chi connectivity index (χ4n) is 1.17. The Bertz CT molecular complexity index is 340. The van der Waals surface area contributed by atoms with Crippen LogP contribution in [0.1, 0.15) is 33.1 Å². The Labute approximate surface area is 105 Å². The third-order valence-corrected chi connectivity index (χ3v) is 2.19. The van der Waals surface area contributed by atoms with Crippen LogP contribution < -0.4 is 11.1 Å². The maximum absolute atomic E-state index is 11.3. The Morgan fingerprint density at radius 2 is 1.89 bits per heavy atom. The topological polar surface area (TPSA) is 116 Å². The maximum atomic E-state index is 11.3. The molecule has 2 amide bonds. The van der Waals surface area contributed by atoms with Gasteiger partial charge in [-0.25, -0.2) is 0 Å². The van der Waals surface area contributed by atoms with Gasteiger partial charge < -0.3 is 15.8 Å². The van der Waals surface area contributed by atoms with E-state index in [0.717, 1.165) is 0 Å². The molecule has 0 saturated carbocycles. The molecule has 0 heterocycles. The number of nitrogens with two attached hydrogens (primary N) is 1. The Morgan fingerprint density at radius 1 is 1.28 bits per heavy atom. The van der Waals surface area contributed by atoms with Crippen LogP contribution in [0.4, 0.5) is 0 Å². The Kier molecular flexibility index (Phi) is 7.34. The number of nitrogens with one attached hydrogen (secondary N) is 1. The lowest BCUT2D eigenvalue weighted by Gasteiger charge is -2.14. The molecule has 0 spiro atoms. The number of rotatable bonds is 8. The summed E-state index contributed by atoms with van der Waals surface area (Å²) < 4.78 is 4.46. The number of esters is 1. The highest BCUT2D eigenvalue weighted by atomic mass is 16.5. The predicted molar refractivity (Wildman–Crippen MR) is 62.3 cm³/mol. The van der Waals surface area contributed by atoms with Gasteiger partial charge in [0.05, 0.1) is 0 Å². The van der Waals surface area contributed by atoms with Crippen LogP contribution in [-0.2, 0) is 23.9 Å². The molecule has 1 atom stereocenters. The second-order valence-electron chi connectivity index (χ2n) is 3.73. The zero-order valence-electron chi connectivity index (χ0n) is 10.5. The van der Waals surface area contributed by atoms with Crippen molar-refractivity contribution in [1.82, 2.24) is 5.32 Å². The van der Waals surface area contributed by atoms with E-state index in [2.05, 4.69) is 10.1 Å². The van der Waals surface area contributed by atoms with Gasteiger partial charge in [0, 0.05) is 19.8 Å². The van der Waals surface area contributed by atoms with Crippen molar-refractivity contribution in [3.63, 3.8) is 0 Å². The minimum absolute atomic E-state index is 0.0181. The molecule has 0 aromatic heterocycles. The van der Waals surface area contributed by atoms with Crippen molar-refractivity contribution in [3.05, 3.63) is 0 Å². The molecule has 0 radical (unpaired) electrons. The molecule has 0 saturated heterocycles. The molecule has 0 aromatic carbocycles. The zero-order chi connectivity index (χ0) is 14.1. The van der Waals surface area contributed by atoms with E-state index >= 15 is 0 Å². The fraction of sp³-hybridized carbons (Fsp3) is 0.636. The highest BCUT2D eigenvalue weighted by molar-refractivity contribution is 5.88. The van der Waals surface area contributed by atoms with E-state index in [9.17, 15) is 19.2 Å². The first-order chi connectivity index (χ1) is 8.36. The molecule has 0 rings (SSSR count). The van der Waals surface area contributed by atoms with Crippen molar-refractivity contribution in [3.8, 4) is 0 Å². The molecule has 0 aromatic rings. The normalized spacial score (nSPS) is 11.4. The Hall–Kier alpha value is -1.92. The SMILES string of the molecule is CCC(=O)CC[C@H](NC(=O)COC(C)=O)C(N)=O. The average molecular weight is 258 g/mol. The van der Waals surface area contributed by atoms with Crippen molar-refractivity contribution in [2.45, 2.75) is 39.2 Å². The molecule has 0 unspecified atom stereocenters. The van der Waals surface area contributed by atoms with E-state index in [4.69, 9.17) is 5.73 Å². The van der Waals surface area contributed by atoms with Gasteiger partial charge in [0.2, 0.25) is 5.91 Å². The number of ether oxygens (including phenoxy) is 1. The molecule has 0 aliphatic carbocycles. The van der Waals surface area contributed by atoms with Gasteiger partial charge in [-0.05, 0) is 6.42 Å². The van der Waals surface area contributed by atoms with E-state index in [0.29, 0.717) is 6.42 Å². The number of hydrogen-bond acceptors (Lipinski definition) is 5. The van der Waals surface area contributed by atoms with Crippen LogP contribution in [0.5, 0.6) is 0 Å². The van der Waals surface area contributed by atoms with Crippen LogP contribution in [0, 0.1) is 0 Å². The second-order valence-corrected chi connectivity index (χ2v) is 3.73. The van der Waals surface area contributed by atoms with Gasteiger partial charge in [-0.1, -0.05) is 6.92 Å². The second kappa shape index (κ2) is 8.21. The van der Waals surface area contributed by atoms with Crippen LogP contribution in [-0.4, -0.2) is 36.2 Å². The number of amides is 2.